The monoisotopic (exact) mass is 306 g/mol. The molecular formula is C14H12BrFN2. The van der Waals surface area contributed by atoms with Gasteiger partial charge in [-0.2, -0.15) is 5.10 Å². The Morgan fingerprint density at radius 2 is 1.89 bits per heavy atom. The van der Waals surface area contributed by atoms with Crippen LogP contribution in [0.15, 0.2) is 58.1 Å². The van der Waals surface area contributed by atoms with Crippen molar-refractivity contribution in [3.8, 4) is 0 Å². The van der Waals surface area contributed by atoms with Crippen LogP contribution in [0.2, 0.25) is 0 Å². The molecule has 18 heavy (non-hydrogen) atoms. The van der Waals surface area contributed by atoms with Crippen LogP contribution in [0, 0.1) is 5.82 Å². The second-order valence-electron chi connectivity index (χ2n) is 3.80. The summed E-state index contributed by atoms with van der Waals surface area (Å²) in [5.74, 6) is -0.291. The number of hydrazone groups is 1. The third-order valence-electron chi connectivity index (χ3n) is 2.45. The molecule has 0 saturated carbocycles. The molecule has 4 heteroatoms. The van der Waals surface area contributed by atoms with Crippen LogP contribution in [-0.2, 0) is 0 Å². The van der Waals surface area contributed by atoms with Crippen LogP contribution >= 0.6 is 15.9 Å². The third-order valence-corrected chi connectivity index (χ3v) is 2.94. The van der Waals surface area contributed by atoms with Gasteiger partial charge in [0.25, 0.3) is 0 Å². The standard InChI is InChI=1S/C14H12BrFN2/c1-10(13-8-7-11(15)9-14(13)16)17-18-12-5-3-2-4-6-12/h2-9,18H,1H3/b17-10+. The fourth-order valence-electron chi connectivity index (χ4n) is 1.50. The Bertz CT molecular complexity index is 567. The predicted molar refractivity (Wildman–Crippen MR) is 76.4 cm³/mol. The van der Waals surface area contributed by atoms with E-state index in [0.717, 1.165) is 5.69 Å². The van der Waals surface area contributed by atoms with E-state index in [1.165, 1.54) is 6.07 Å². The number of nitrogens with one attached hydrogen (secondary N) is 1. The summed E-state index contributed by atoms with van der Waals surface area (Å²) in [5, 5.41) is 4.17. The second-order valence-corrected chi connectivity index (χ2v) is 4.71. The lowest BCUT2D eigenvalue weighted by Gasteiger charge is -2.05. The van der Waals surface area contributed by atoms with Crippen LogP contribution in [0.25, 0.3) is 0 Å². The van der Waals surface area contributed by atoms with E-state index in [2.05, 4.69) is 26.5 Å². The molecule has 2 aromatic rings. The minimum absolute atomic E-state index is 0.291. The van der Waals surface area contributed by atoms with Crippen molar-refractivity contribution in [2.75, 3.05) is 5.43 Å². The van der Waals surface area contributed by atoms with E-state index in [4.69, 9.17) is 0 Å². The minimum Gasteiger partial charge on any atom is -0.278 e. The predicted octanol–water partition coefficient (Wildman–Crippen LogP) is 4.42. The highest BCUT2D eigenvalue weighted by molar-refractivity contribution is 9.10. The highest BCUT2D eigenvalue weighted by atomic mass is 79.9. The number of anilines is 1. The fraction of sp³-hybridized carbons (Fsp3) is 0.0714. The van der Waals surface area contributed by atoms with Gasteiger partial charge in [0.1, 0.15) is 5.82 Å². The van der Waals surface area contributed by atoms with Gasteiger partial charge in [-0.15, -0.1) is 0 Å². The molecule has 0 bridgehead atoms. The molecule has 1 N–H and O–H groups in total. The molecule has 0 aliphatic rings. The summed E-state index contributed by atoms with van der Waals surface area (Å²) in [5.41, 5.74) is 4.85. The molecule has 0 atom stereocenters. The maximum absolute atomic E-state index is 13.7. The number of halogens is 2. The van der Waals surface area contributed by atoms with Gasteiger partial charge in [0.05, 0.1) is 11.4 Å². The van der Waals surface area contributed by atoms with Crippen molar-refractivity contribution in [3.05, 3.63) is 64.4 Å². The normalized spacial score (nSPS) is 11.4. The van der Waals surface area contributed by atoms with Crippen molar-refractivity contribution < 1.29 is 4.39 Å². The molecule has 0 unspecified atom stereocenters. The number of hydrogen-bond acceptors (Lipinski definition) is 2. The SMILES string of the molecule is C/C(=N\Nc1ccccc1)c1ccc(Br)cc1F. The van der Waals surface area contributed by atoms with Crippen LogP contribution < -0.4 is 5.43 Å². The number of benzene rings is 2. The lowest BCUT2D eigenvalue weighted by molar-refractivity contribution is 0.624. The largest absolute Gasteiger partial charge is 0.278 e. The van der Waals surface area contributed by atoms with Gasteiger partial charge in [-0.1, -0.05) is 34.1 Å². The highest BCUT2D eigenvalue weighted by Crippen LogP contribution is 2.16. The van der Waals surface area contributed by atoms with Gasteiger partial charge in [0.2, 0.25) is 0 Å². The van der Waals surface area contributed by atoms with Crippen molar-refractivity contribution in [1.29, 1.82) is 0 Å². The molecule has 2 aromatic carbocycles. The van der Waals surface area contributed by atoms with Gasteiger partial charge >= 0.3 is 0 Å². The van der Waals surface area contributed by atoms with Gasteiger partial charge < -0.3 is 0 Å². The van der Waals surface area contributed by atoms with Crippen molar-refractivity contribution in [2.45, 2.75) is 6.92 Å². The summed E-state index contributed by atoms with van der Waals surface area (Å²) in [4.78, 5) is 0. The molecule has 0 aromatic heterocycles. The third kappa shape index (κ3) is 3.17. The molecule has 0 aliphatic heterocycles. The van der Waals surface area contributed by atoms with E-state index in [1.807, 2.05) is 30.3 Å². The van der Waals surface area contributed by atoms with Gasteiger partial charge in [0.15, 0.2) is 0 Å². The smallest absolute Gasteiger partial charge is 0.133 e. The Labute approximate surface area is 114 Å². The maximum atomic E-state index is 13.7. The van der Waals surface area contributed by atoms with Crippen molar-refractivity contribution in [1.82, 2.24) is 0 Å². The number of para-hydroxylation sites is 1. The van der Waals surface area contributed by atoms with Crippen molar-refractivity contribution in [3.63, 3.8) is 0 Å². The lowest BCUT2D eigenvalue weighted by atomic mass is 10.1. The Balaban J connectivity index is 2.18. The summed E-state index contributed by atoms with van der Waals surface area (Å²) in [6, 6.07) is 14.5. The van der Waals surface area contributed by atoms with Crippen molar-refractivity contribution in [2.24, 2.45) is 5.10 Å². The Hall–Kier alpha value is -1.68. The van der Waals surface area contributed by atoms with Gasteiger partial charge in [0, 0.05) is 10.0 Å². The molecule has 92 valence electrons. The highest BCUT2D eigenvalue weighted by Gasteiger charge is 2.05. The van der Waals surface area contributed by atoms with Gasteiger partial charge in [-0.25, -0.2) is 4.39 Å². The number of hydrogen-bond donors (Lipinski definition) is 1. The summed E-state index contributed by atoms with van der Waals surface area (Å²) in [7, 11) is 0. The van der Waals surface area contributed by atoms with Crippen molar-refractivity contribution >= 4 is 27.3 Å². The quantitative estimate of drug-likeness (QED) is 0.658. The van der Waals surface area contributed by atoms with Crippen LogP contribution in [-0.4, -0.2) is 5.71 Å². The Morgan fingerprint density at radius 1 is 1.17 bits per heavy atom. The second kappa shape index (κ2) is 5.78. The van der Waals surface area contributed by atoms with E-state index in [9.17, 15) is 4.39 Å². The molecule has 0 radical (unpaired) electrons. The lowest BCUT2D eigenvalue weighted by Crippen LogP contribution is -2.02. The molecule has 2 nitrogen and oxygen atoms in total. The number of nitrogens with zero attached hydrogens (tertiary/aromatic N) is 1. The molecule has 0 fully saturated rings. The summed E-state index contributed by atoms with van der Waals surface area (Å²) < 4.78 is 14.4. The average Bonchev–Trinajstić information content (AvgIpc) is 2.37. The first kappa shape index (κ1) is 12.8. The van der Waals surface area contributed by atoms with Crippen LogP contribution in [0.5, 0.6) is 0 Å². The molecule has 2 rings (SSSR count). The summed E-state index contributed by atoms with van der Waals surface area (Å²) in [6.45, 7) is 1.77. The first-order valence-corrected chi connectivity index (χ1v) is 6.27. The molecule has 0 heterocycles. The fourth-order valence-corrected chi connectivity index (χ4v) is 1.84. The zero-order valence-corrected chi connectivity index (χ0v) is 11.4. The van der Waals surface area contributed by atoms with E-state index >= 15 is 0 Å². The molecule has 0 amide bonds. The van der Waals surface area contributed by atoms with E-state index in [0.29, 0.717) is 15.7 Å². The zero-order chi connectivity index (χ0) is 13.0. The van der Waals surface area contributed by atoms with Crippen LogP contribution in [0.3, 0.4) is 0 Å². The molecule has 0 spiro atoms. The molecular weight excluding hydrogens is 295 g/mol. The van der Waals surface area contributed by atoms with E-state index < -0.39 is 0 Å². The first-order valence-electron chi connectivity index (χ1n) is 5.47. The first-order chi connectivity index (χ1) is 8.66. The van der Waals surface area contributed by atoms with Crippen LogP contribution in [0.4, 0.5) is 10.1 Å². The molecule has 0 aliphatic carbocycles. The summed E-state index contributed by atoms with van der Waals surface area (Å²) in [6.07, 6.45) is 0. The minimum atomic E-state index is -0.291. The van der Waals surface area contributed by atoms with E-state index in [1.54, 1.807) is 19.1 Å². The topological polar surface area (TPSA) is 24.4 Å². The Kier molecular flexibility index (Phi) is 4.10. The van der Waals surface area contributed by atoms with Gasteiger partial charge in [-0.3, -0.25) is 5.43 Å². The number of rotatable bonds is 3. The van der Waals surface area contributed by atoms with E-state index in [-0.39, 0.29) is 5.82 Å². The summed E-state index contributed by atoms with van der Waals surface area (Å²) >= 11 is 3.23. The van der Waals surface area contributed by atoms with Gasteiger partial charge in [-0.05, 0) is 37.3 Å². The Morgan fingerprint density at radius 3 is 2.56 bits per heavy atom. The maximum Gasteiger partial charge on any atom is 0.133 e. The average molecular weight is 307 g/mol. The van der Waals surface area contributed by atoms with Crippen LogP contribution in [0.1, 0.15) is 12.5 Å². The molecule has 0 saturated heterocycles. The zero-order valence-electron chi connectivity index (χ0n) is 9.82.